The summed E-state index contributed by atoms with van der Waals surface area (Å²) < 4.78 is 0. The SMILES string of the molecule is CCCCC(CCC)C(=O)Nc1nc(-c2ccc(C)cc2)cs1. The van der Waals surface area contributed by atoms with Crippen LogP contribution in [-0.2, 0) is 4.79 Å². The highest BCUT2D eigenvalue weighted by molar-refractivity contribution is 7.14. The van der Waals surface area contributed by atoms with Crippen LogP contribution in [0, 0.1) is 12.8 Å². The lowest BCUT2D eigenvalue weighted by Gasteiger charge is -2.14. The molecule has 1 heterocycles. The number of aromatic nitrogens is 1. The topological polar surface area (TPSA) is 42.0 Å². The summed E-state index contributed by atoms with van der Waals surface area (Å²) in [6.45, 7) is 6.36. The van der Waals surface area contributed by atoms with Crippen LogP contribution in [0.25, 0.3) is 11.3 Å². The summed E-state index contributed by atoms with van der Waals surface area (Å²) in [5.41, 5.74) is 3.24. The number of thiazole rings is 1. The molecular formula is C19H26N2OS. The van der Waals surface area contributed by atoms with Crippen LogP contribution in [0.1, 0.15) is 51.5 Å². The zero-order chi connectivity index (χ0) is 16.7. The maximum absolute atomic E-state index is 12.5. The van der Waals surface area contributed by atoms with Crippen molar-refractivity contribution in [1.82, 2.24) is 4.98 Å². The minimum Gasteiger partial charge on any atom is -0.302 e. The minimum absolute atomic E-state index is 0.103. The highest BCUT2D eigenvalue weighted by Crippen LogP contribution is 2.26. The van der Waals surface area contributed by atoms with Gasteiger partial charge in [0, 0.05) is 16.9 Å². The monoisotopic (exact) mass is 330 g/mol. The van der Waals surface area contributed by atoms with Crippen LogP contribution in [-0.4, -0.2) is 10.9 Å². The second-order valence-electron chi connectivity index (χ2n) is 6.02. The second-order valence-corrected chi connectivity index (χ2v) is 6.88. The number of nitrogens with zero attached hydrogens (tertiary/aromatic N) is 1. The van der Waals surface area contributed by atoms with E-state index < -0.39 is 0 Å². The summed E-state index contributed by atoms with van der Waals surface area (Å²) in [6, 6.07) is 8.29. The van der Waals surface area contributed by atoms with E-state index in [0.717, 1.165) is 43.4 Å². The van der Waals surface area contributed by atoms with E-state index in [-0.39, 0.29) is 11.8 Å². The lowest BCUT2D eigenvalue weighted by atomic mass is 9.96. The van der Waals surface area contributed by atoms with E-state index in [2.05, 4.69) is 55.3 Å². The minimum atomic E-state index is 0.103. The van der Waals surface area contributed by atoms with Gasteiger partial charge in [-0.05, 0) is 19.8 Å². The lowest BCUT2D eigenvalue weighted by molar-refractivity contribution is -0.120. The molecule has 1 atom stereocenters. The smallest absolute Gasteiger partial charge is 0.229 e. The van der Waals surface area contributed by atoms with Gasteiger partial charge in [-0.15, -0.1) is 11.3 Å². The van der Waals surface area contributed by atoms with Crippen molar-refractivity contribution in [1.29, 1.82) is 0 Å². The third-order valence-corrected chi connectivity index (χ3v) is 4.75. The third kappa shape index (κ3) is 5.17. The molecule has 3 nitrogen and oxygen atoms in total. The Labute approximate surface area is 143 Å². The quantitative estimate of drug-likeness (QED) is 0.678. The van der Waals surface area contributed by atoms with Crippen LogP contribution in [0.15, 0.2) is 29.6 Å². The number of nitrogens with one attached hydrogen (secondary N) is 1. The molecule has 0 fully saturated rings. The fourth-order valence-corrected chi connectivity index (χ4v) is 3.32. The summed E-state index contributed by atoms with van der Waals surface area (Å²) in [4.78, 5) is 17.0. The van der Waals surface area contributed by atoms with Gasteiger partial charge in [-0.3, -0.25) is 4.79 Å². The standard InChI is InChI=1S/C19H26N2OS/c1-4-6-8-16(7-5-2)18(22)21-19-20-17(13-23-19)15-11-9-14(3)10-12-15/h9-13,16H,4-8H2,1-3H3,(H,20,21,22). The summed E-state index contributed by atoms with van der Waals surface area (Å²) in [5, 5.41) is 5.70. The molecule has 0 aliphatic rings. The van der Waals surface area contributed by atoms with Crippen molar-refractivity contribution >= 4 is 22.4 Å². The van der Waals surface area contributed by atoms with Crippen molar-refractivity contribution in [3.63, 3.8) is 0 Å². The molecule has 1 N–H and O–H groups in total. The molecule has 0 saturated heterocycles. The molecule has 1 aromatic heterocycles. The average Bonchev–Trinajstić information content (AvgIpc) is 3.00. The molecule has 0 spiro atoms. The Morgan fingerprint density at radius 3 is 2.57 bits per heavy atom. The Morgan fingerprint density at radius 2 is 1.91 bits per heavy atom. The first kappa shape index (κ1) is 17.7. The molecule has 1 unspecified atom stereocenters. The van der Waals surface area contributed by atoms with Gasteiger partial charge in [0.15, 0.2) is 5.13 Å². The van der Waals surface area contributed by atoms with Gasteiger partial charge in [0.1, 0.15) is 0 Å². The molecule has 2 rings (SSSR count). The molecule has 0 radical (unpaired) electrons. The molecule has 23 heavy (non-hydrogen) atoms. The van der Waals surface area contributed by atoms with E-state index in [1.165, 1.54) is 16.9 Å². The number of aryl methyl sites for hydroxylation is 1. The Balaban J connectivity index is 2.02. The van der Waals surface area contributed by atoms with Gasteiger partial charge >= 0.3 is 0 Å². The fourth-order valence-electron chi connectivity index (χ4n) is 2.60. The summed E-state index contributed by atoms with van der Waals surface area (Å²) in [7, 11) is 0. The molecule has 0 aliphatic heterocycles. The predicted molar refractivity (Wildman–Crippen MR) is 98.8 cm³/mol. The number of rotatable bonds is 8. The maximum Gasteiger partial charge on any atom is 0.229 e. The van der Waals surface area contributed by atoms with Crippen LogP contribution in [0.5, 0.6) is 0 Å². The van der Waals surface area contributed by atoms with Crippen molar-refractivity contribution in [2.75, 3.05) is 5.32 Å². The van der Waals surface area contributed by atoms with Crippen molar-refractivity contribution < 1.29 is 4.79 Å². The van der Waals surface area contributed by atoms with Crippen LogP contribution in [0.4, 0.5) is 5.13 Å². The van der Waals surface area contributed by atoms with Gasteiger partial charge in [-0.1, -0.05) is 62.9 Å². The number of unbranched alkanes of at least 4 members (excludes halogenated alkanes) is 1. The zero-order valence-electron chi connectivity index (χ0n) is 14.3. The Hall–Kier alpha value is -1.68. The molecule has 124 valence electrons. The van der Waals surface area contributed by atoms with E-state index in [4.69, 9.17) is 0 Å². The Kier molecular flexibility index (Phi) is 6.78. The number of carbonyl (C=O) groups is 1. The van der Waals surface area contributed by atoms with E-state index in [9.17, 15) is 4.79 Å². The molecule has 0 bridgehead atoms. The molecule has 4 heteroatoms. The van der Waals surface area contributed by atoms with Gasteiger partial charge < -0.3 is 5.32 Å². The fraction of sp³-hybridized carbons (Fsp3) is 0.474. The average molecular weight is 330 g/mol. The normalized spacial score (nSPS) is 12.1. The molecule has 0 aliphatic carbocycles. The highest BCUT2D eigenvalue weighted by Gasteiger charge is 2.18. The van der Waals surface area contributed by atoms with Gasteiger partial charge in [0.2, 0.25) is 5.91 Å². The Morgan fingerprint density at radius 1 is 1.17 bits per heavy atom. The van der Waals surface area contributed by atoms with Gasteiger partial charge in [0.05, 0.1) is 5.69 Å². The molecular weight excluding hydrogens is 304 g/mol. The number of anilines is 1. The first-order valence-corrected chi connectivity index (χ1v) is 9.35. The van der Waals surface area contributed by atoms with Crippen molar-refractivity contribution in [2.45, 2.75) is 52.9 Å². The maximum atomic E-state index is 12.5. The third-order valence-electron chi connectivity index (χ3n) is 4.00. The molecule has 1 amide bonds. The molecule has 1 aromatic carbocycles. The lowest BCUT2D eigenvalue weighted by Crippen LogP contribution is -2.22. The van der Waals surface area contributed by atoms with Crippen LogP contribution in [0.3, 0.4) is 0 Å². The zero-order valence-corrected chi connectivity index (χ0v) is 15.1. The number of hydrogen-bond donors (Lipinski definition) is 1. The van der Waals surface area contributed by atoms with Gasteiger partial charge in [0.25, 0.3) is 0 Å². The van der Waals surface area contributed by atoms with Crippen molar-refractivity contribution in [3.05, 3.63) is 35.2 Å². The number of amides is 1. The predicted octanol–water partition coefficient (Wildman–Crippen LogP) is 5.66. The Bertz CT molecular complexity index is 619. The van der Waals surface area contributed by atoms with E-state index >= 15 is 0 Å². The van der Waals surface area contributed by atoms with Gasteiger partial charge in [-0.25, -0.2) is 4.98 Å². The number of hydrogen-bond acceptors (Lipinski definition) is 3. The molecule has 0 saturated carbocycles. The highest BCUT2D eigenvalue weighted by atomic mass is 32.1. The number of benzene rings is 1. The van der Waals surface area contributed by atoms with Crippen molar-refractivity contribution in [3.8, 4) is 11.3 Å². The first-order chi connectivity index (χ1) is 11.1. The summed E-state index contributed by atoms with van der Waals surface area (Å²) in [5.74, 6) is 0.219. The van der Waals surface area contributed by atoms with E-state index in [1.807, 2.05) is 5.38 Å². The van der Waals surface area contributed by atoms with Crippen LogP contribution in [0.2, 0.25) is 0 Å². The van der Waals surface area contributed by atoms with E-state index in [0.29, 0.717) is 5.13 Å². The van der Waals surface area contributed by atoms with E-state index in [1.54, 1.807) is 0 Å². The van der Waals surface area contributed by atoms with Crippen molar-refractivity contribution in [2.24, 2.45) is 5.92 Å². The largest absolute Gasteiger partial charge is 0.302 e. The summed E-state index contributed by atoms with van der Waals surface area (Å²) in [6.07, 6.45) is 5.18. The molecule has 2 aromatic rings. The van der Waals surface area contributed by atoms with Crippen LogP contribution < -0.4 is 5.32 Å². The van der Waals surface area contributed by atoms with Crippen LogP contribution >= 0.6 is 11.3 Å². The summed E-state index contributed by atoms with van der Waals surface area (Å²) >= 11 is 1.49. The number of carbonyl (C=O) groups excluding carboxylic acids is 1. The first-order valence-electron chi connectivity index (χ1n) is 8.47. The van der Waals surface area contributed by atoms with Gasteiger partial charge in [-0.2, -0.15) is 0 Å². The second kappa shape index (κ2) is 8.82.